The Hall–Kier alpha value is -1.64. The minimum Gasteiger partial charge on any atom is -0.383 e. The van der Waals surface area contributed by atoms with Crippen LogP contribution in [0, 0.1) is 0 Å². The van der Waals surface area contributed by atoms with Crippen LogP contribution >= 0.6 is 0 Å². The Kier molecular flexibility index (Phi) is 7.67. The molecular formula is C17H28N4O3S. The Balaban J connectivity index is 1.99. The third-order valence-electron chi connectivity index (χ3n) is 3.99. The van der Waals surface area contributed by atoms with Crippen LogP contribution in [-0.2, 0) is 21.3 Å². The van der Waals surface area contributed by atoms with Crippen LogP contribution in [0.1, 0.15) is 25.3 Å². The summed E-state index contributed by atoms with van der Waals surface area (Å²) in [4.78, 5) is 4.86. The first-order valence-corrected chi connectivity index (χ1v) is 10.1. The molecule has 0 aliphatic carbocycles. The lowest BCUT2D eigenvalue weighted by molar-refractivity contribution is 0.203. The Morgan fingerprint density at radius 3 is 2.48 bits per heavy atom. The zero-order valence-corrected chi connectivity index (χ0v) is 15.8. The minimum absolute atomic E-state index is 0.354. The molecule has 1 aliphatic heterocycles. The maximum Gasteiger partial charge on any atom is 0.243 e. The highest BCUT2D eigenvalue weighted by atomic mass is 32.2. The fourth-order valence-electron chi connectivity index (χ4n) is 2.63. The number of hydrogen-bond acceptors (Lipinski definition) is 4. The summed E-state index contributed by atoms with van der Waals surface area (Å²) in [5, 5.41) is 6.34. The van der Waals surface area contributed by atoms with E-state index in [1.807, 2.05) is 19.1 Å². The first-order valence-electron chi connectivity index (χ1n) is 8.68. The number of methoxy groups -OCH3 is 1. The number of benzene rings is 1. The normalized spacial score (nSPS) is 16.2. The quantitative estimate of drug-likeness (QED) is 0.409. The van der Waals surface area contributed by atoms with E-state index in [0.717, 1.165) is 24.9 Å². The Labute approximate surface area is 150 Å². The van der Waals surface area contributed by atoms with Crippen LogP contribution in [0.15, 0.2) is 34.2 Å². The van der Waals surface area contributed by atoms with Gasteiger partial charge in [0.2, 0.25) is 10.0 Å². The number of rotatable bonds is 8. The zero-order valence-electron chi connectivity index (χ0n) is 15.0. The van der Waals surface area contributed by atoms with E-state index in [-0.39, 0.29) is 0 Å². The number of aliphatic imine (C=N–C) groups is 1. The van der Waals surface area contributed by atoms with Gasteiger partial charge in [0.25, 0.3) is 0 Å². The Bertz CT molecular complexity index is 653. The van der Waals surface area contributed by atoms with E-state index in [2.05, 4.69) is 15.6 Å². The molecule has 1 aliphatic rings. The monoisotopic (exact) mass is 368 g/mol. The molecule has 1 aromatic rings. The molecule has 2 rings (SSSR count). The zero-order chi connectivity index (χ0) is 18.1. The van der Waals surface area contributed by atoms with Crippen molar-refractivity contribution in [3.63, 3.8) is 0 Å². The van der Waals surface area contributed by atoms with Gasteiger partial charge in [-0.1, -0.05) is 12.1 Å². The number of sulfonamides is 1. The number of nitrogens with zero attached hydrogens (tertiary/aromatic N) is 2. The molecule has 0 unspecified atom stereocenters. The summed E-state index contributed by atoms with van der Waals surface area (Å²) in [5.74, 6) is 0.716. The molecule has 0 radical (unpaired) electrons. The first-order chi connectivity index (χ1) is 12.1. The number of guanidine groups is 1. The standard InChI is InChI=1S/C17H28N4O3S/c1-3-18-17(19-10-13-24-2)20-14-15-6-8-16(9-7-15)25(22,23)21-11-4-5-12-21/h6-9H,3-5,10-14H2,1-2H3,(H2,18,19,20). The van der Waals surface area contributed by atoms with Crippen LogP contribution in [0.5, 0.6) is 0 Å². The third kappa shape index (κ3) is 5.69. The average molecular weight is 369 g/mol. The van der Waals surface area contributed by atoms with E-state index in [9.17, 15) is 8.42 Å². The highest BCUT2D eigenvalue weighted by Gasteiger charge is 2.26. The second kappa shape index (κ2) is 9.74. The predicted molar refractivity (Wildman–Crippen MR) is 99.1 cm³/mol. The molecule has 0 saturated carbocycles. The minimum atomic E-state index is -3.35. The maximum atomic E-state index is 12.5. The largest absolute Gasteiger partial charge is 0.383 e. The van der Waals surface area contributed by atoms with Gasteiger partial charge in [0, 0.05) is 33.3 Å². The molecule has 1 fully saturated rings. The van der Waals surface area contributed by atoms with Crippen molar-refractivity contribution in [2.75, 3.05) is 39.9 Å². The Morgan fingerprint density at radius 1 is 1.20 bits per heavy atom. The van der Waals surface area contributed by atoms with Gasteiger partial charge in [0.1, 0.15) is 0 Å². The fourth-order valence-corrected chi connectivity index (χ4v) is 4.15. The lowest BCUT2D eigenvalue weighted by Crippen LogP contribution is -2.38. The second-order valence-corrected chi connectivity index (χ2v) is 7.81. The van der Waals surface area contributed by atoms with Crippen LogP contribution in [0.2, 0.25) is 0 Å². The summed E-state index contributed by atoms with van der Waals surface area (Å²) in [6.07, 6.45) is 1.88. The summed E-state index contributed by atoms with van der Waals surface area (Å²) in [7, 11) is -1.70. The van der Waals surface area contributed by atoms with Gasteiger partial charge in [-0.15, -0.1) is 0 Å². The number of nitrogens with one attached hydrogen (secondary N) is 2. The van der Waals surface area contributed by atoms with Crippen molar-refractivity contribution >= 4 is 16.0 Å². The predicted octanol–water partition coefficient (Wildman–Crippen LogP) is 1.17. The van der Waals surface area contributed by atoms with Gasteiger partial charge < -0.3 is 15.4 Å². The maximum absolute atomic E-state index is 12.5. The molecule has 7 nitrogen and oxygen atoms in total. The van der Waals surface area contributed by atoms with Gasteiger partial charge in [0.05, 0.1) is 18.0 Å². The first kappa shape index (κ1) is 19.7. The van der Waals surface area contributed by atoms with Gasteiger partial charge >= 0.3 is 0 Å². The van der Waals surface area contributed by atoms with Crippen LogP contribution in [0.3, 0.4) is 0 Å². The van der Waals surface area contributed by atoms with Crippen molar-refractivity contribution in [1.82, 2.24) is 14.9 Å². The highest BCUT2D eigenvalue weighted by molar-refractivity contribution is 7.89. The van der Waals surface area contributed by atoms with E-state index in [1.54, 1.807) is 23.5 Å². The molecule has 0 amide bonds. The molecule has 0 bridgehead atoms. The summed E-state index contributed by atoms with van der Waals surface area (Å²) in [6, 6.07) is 6.99. The van der Waals surface area contributed by atoms with Crippen molar-refractivity contribution in [3.8, 4) is 0 Å². The molecule has 25 heavy (non-hydrogen) atoms. The SMILES string of the molecule is CCNC(=NCc1ccc(S(=O)(=O)N2CCCC2)cc1)NCCOC. The summed E-state index contributed by atoms with van der Waals surface area (Å²) < 4.78 is 31.6. The average Bonchev–Trinajstić information content (AvgIpc) is 3.16. The number of ether oxygens (including phenoxy) is 1. The van der Waals surface area contributed by atoms with Crippen LogP contribution < -0.4 is 10.6 Å². The van der Waals surface area contributed by atoms with Crippen molar-refractivity contribution < 1.29 is 13.2 Å². The van der Waals surface area contributed by atoms with E-state index in [1.165, 1.54) is 0 Å². The lowest BCUT2D eigenvalue weighted by Gasteiger charge is -2.15. The van der Waals surface area contributed by atoms with Crippen molar-refractivity contribution in [2.24, 2.45) is 4.99 Å². The highest BCUT2D eigenvalue weighted by Crippen LogP contribution is 2.21. The Morgan fingerprint density at radius 2 is 1.88 bits per heavy atom. The second-order valence-electron chi connectivity index (χ2n) is 5.87. The third-order valence-corrected chi connectivity index (χ3v) is 5.90. The fraction of sp³-hybridized carbons (Fsp3) is 0.588. The lowest BCUT2D eigenvalue weighted by atomic mass is 10.2. The molecule has 1 aromatic carbocycles. The molecule has 8 heteroatoms. The molecule has 0 spiro atoms. The van der Waals surface area contributed by atoms with E-state index in [0.29, 0.717) is 43.6 Å². The van der Waals surface area contributed by atoms with Gasteiger partial charge in [-0.2, -0.15) is 4.31 Å². The molecule has 1 heterocycles. The molecule has 2 N–H and O–H groups in total. The summed E-state index contributed by atoms with van der Waals surface area (Å²) in [6.45, 7) is 5.77. The summed E-state index contributed by atoms with van der Waals surface area (Å²) in [5.41, 5.74) is 0.962. The van der Waals surface area contributed by atoms with Crippen molar-refractivity contribution in [1.29, 1.82) is 0 Å². The van der Waals surface area contributed by atoms with Gasteiger partial charge in [-0.3, -0.25) is 0 Å². The van der Waals surface area contributed by atoms with E-state index >= 15 is 0 Å². The molecule has 0 aromatic heterocycles. The van der Waals surface area contributed by atoms with Crippen LogP contribution in [0.25, 0.3) is 0 Å². The molecule has 0 atom stereocenters. The summed E-state index contributed by atoms with van der Waals surface area (Å²) >= 11 is 0. The van der Waals surface area contributed by atoms with Gasteiger partial charge in [-0.05, 0) is 37.5 Å². The van der Waals surface area contributed by atoms with Crippen LogP contribution in [-0.4, -0.2) is 58.6 Å². The number of hydrogen-bond donors (Lipinski definition) is 2. The van der Waals surface area contributed by atoms with E-state index < -0.39 is 10.0 Å². The topological polar surface area (TPSA) is 83.0 Å². The van der Waals surface area contributed by atoms with Crippen LogP contribution in [0.4, 0.5) is 0 Å². The molecule has 140 valence electrons. The smallest absolute Gasteiger partial charge is 0.243 e. The molecular weight excluding hydrogens is 340 g/mol. The van der Waals surface area contributed by atoms with Crippen molar-refractivity contribution in [3.05, 3.63) is 29.8 Å². The van der Waals surface area contributed by atoms with Gasteiger partial charge in [-0.25, -0.2) is 13.4 Å². The van der Waals surface area contributed by atoms with E-state index in [4.69, 9.17) is 4.74 Å². The van der Waals surface area contributed by atoms with Crippen molar-refractivity contribution in [2.45, 2.75) is 31.2 Å². The molecule has 1 saturated heterocycles. The van der Waals surface area contributed by atoms with Gasteiger partial charge in [0.15, 0.2) is 5.96 Å².